The fraction of sp³-hybridized carbons (Fsp3) is 0.500. The Morgan fingerprint density at radius 3 is 2.65 bits per heavy atom. The van der Waals surface area contributed by atoms with Gasteiger partial charge in [0.2, 0.25) is 0 Å². The number of anilines is 1. The summed E-state index contributed by atoms with van der Waals surface area (Å²) in [4.78, 5) is 0. The fourth-order valence-corrected chi connectivity index (χ4v) is 2.00. The summed E-state index contributed by atoms with van der Waals surface area (Å²) in [5.74, 6) is 0. The molecule has 1 heterocycles. The fourth-order valence-electron chi connectivity index (χ4n) is 2.00. The smallest absolute Gasteiger partial charge is 0.165 e. The SMILES string of the molecule is Cc1ccc([NH+]([O-])O)cc1N[C@H]1OC[C@@H](O)[C@@H](O)[C@@H]1O. The summed E-state index contributed by atoms with van der Waals surface area (Å²) in [6, 6.07) is 4.52. The lowest BCUT2D eigenvalue weighted by Gasteiger charge is -2.36. The van der Waals surface area contributed by atoms with E-state index in [0.29, 0.717) is 5.69 Å². The molecule has 2 rings (SSSR count). The van der Waals surface area contributed by atoms with Gasteiger partial charge in [0.1, 0.15) is 18.3 Å². The van der Waals surface area contributed by atoms with Gasteiger partial charge in [0.15, 0.2) is 11.9 Å². The van der Waals surface area contributed by atoms with Crippen molar-refractivity contribution in [1.82, 2.24) is 0 Å². The van der Waals surface area contributed by atoms with E-state index in [2.05, 4.69) is 5.32 Å². The number of nitrogens with one attached hydrogen (secondary N) is 2. The van der Waals surface area contributed by atoms with Crippen molar-refractivity contribution in [2.45, 2.75) is 31.5 Å². The third-order valence-electron chi connectivity index (χ3n) is 3.28. The molecule has 0 amide bonds. The molecule has 20 heavy (non-hydrogen) atoms. The number of hydrogen-bond donors (Lipinski definition) is 6. The van der Waals surface area contributed by atoms with E-state index in [1.165, 1.54) is 12.1 Å². The Morgan fingerprint density at radius 1 is 1.30 bits per heavy atom. The summed E-state index contributed by atoms with van der Waals surface area (Å²) < 4.78 is 5.21. The zero-order valence-corrected chi connectivity index (χ0v) is 10.9. The average Bonchev–Trinajstić information content (AvgIpc) is 2.41. The highest BCUT2D eigenvalue weighted by Gasteiger charge is 2.37. The Labute approximate surface area is 115 Å². The average molecular weight is 286 g/mol. The van der Waals surface area contributed by atoms with Crippen LogP contribution in [0.4, 0.5) is 11.4 Å². The van der Waals surface area contributed by atoms with Crippen LogP contribution in [0, 0.1) is 12.1 Å². The zero-order chi connectivity index (χ0) is 14.9. The molecular weight excluding hydrogens is 268 g/mol. The predicted octanol–water partition coefficient (Wildman–Crippen LogP) is -1.75. The van der Waals surface area contributed by atoms with Crippen LogP contribution in [0.1, 0.15) is 5.56 Å². The maximum absolute atomic E-state index is 10.9. The molecule has 5 atom stereocenters. The van der Waals surface area contributed by atoms with E-state index >= 15 is 0 Å². The lowest BCUT2D eigenvalue weighted by atomic mass is 10.0. The van der Waals surface area contributed by atoms with E-state index in [0.717, 1.165) is 5.56 Å². The largest absolute Gasteiger partial charge is 0.595 e. The second-order valence-electron chi connectivity index (χ2n) is 4.78. The van der Waals surface area contributed by atoms with Crippen molar-refractivity contribution in [3.05, 3.63) is 29.0 Å². The minimum Gasteiger partial charge on any atom is -0.595 e. The van der Waals surface area contributed by atoms with Crippen molar-refractivity contribution in [3.63, 3.8) is 0 Å². The third-order valence-corrected chi connectivity index (χ3v) is 3.28. The summed E-state index contributed by atoms with van der Waals surface area (Å²) in [7, 11) is 0. The molecule has 1 aromatic carbocycles. The van der Waals surface area contributed by atoms with E-state index in [9.17, 15) is 20.5 Å². The van der Waals surface area contributed by atoms with Crippen molar-refractivity contribution in [2.24, 2.45) is 0 Å². The van der Waals surface area contributed by atoms with Gasteiger partial charge in [-0.2, -0.15) is 5.23 Å². The van der Waals surface area contributed by atoms with Crippen LogP contribution in [0.5, 0.6) is 0 Å². The third kappa shape index (κ3) is 3.07. The Bertz CT molecular complexity index is 469. The van der Waals surface area contributed by atoms with Crippen LogP contribution in [0.2, 0.25) is 0 Å². The van der Waals surface area contributed by atoms with Crippen molar-refractivity contribution in [2.75, 3.05) is 11.9 Å². The lowest BCUT2D eigenvalue weighted by molar-refractivity contribution is -0.991. The molecule has 1 aliphatic heterocycles. The van der Waals surface area contributed by atoms with E-state index < -0.39 is 29.8 Å². The number of ether oxygens (including phenoxy) is 1. The van der Waals surface area contributed by atoms with Gasteiger partial charge in [-0.05, 0) is 12.5 Å². The first kappa shape index (κ1) is 15.1. The zero-order valence-electron chi connectivity index (χ0n) is 10.9. The van der Waals surface area contributed by atoms with E-state index in [1.54, 1.807) is 13.0 Å². The maximum Gasteiger partial charge on any atom is 0.165 e. The van der Waals surface area contributed by atoms with E-state index in [4.69, 9.17) is 9.94 Å². The molecule has 1 aromatic rings. The van der Waals surface area contributed by atoms with Crippen molar-refractivity contribution in [3.8, 4) is 0 Å². The first-order valence-electron chi connectivity index (χ1n) is 6.16. The molecule has 1 fully saturated rings. The number of aryl methyl sites for hydroxylation is 1. The summed E-state index contributed by atoms with van der Waals surface area (Å²) in [5, 5.41) is 50.4. The van der Waals surface area contributed by atoms with E-state index in [-0.39, 0.29) is 12.3 Å². The molecule has 8 heteroatoms. The standard InChI is InChI=1S/C12H18N2O6/c1-6-2-3-7(14(18)19)4-8(6)13-12-11(17)10(16)9(15)5-20-12/h2-4,9-18H,5H2,1H3/t9-,10-,11+,12+/m1/s1. The van der Waals surface area contributed by atoms with E-state index in [1.807, 2.05) is 0 Å². The van der Waals surface area contributed by atoms with Crippen LogP contribution >= 0.6 is 0 Å². The number of benzene rings is 1. The van der Waals surface area contributed by atoms with Crippen LogP contribution in [0.25, 0.3) is 0 Å². The molecule has 6 N–H and O–H groups in total. The molecule has 0 radical (unpaired) electrons. The molecule has 0 aliphatic carbocycles. The monoisotopic (exact) mass is 286 g/mol. The number of hydrogen-bond acceptors (Lipinski definition) is 7. The van der Waals surface area contributed by atoms with Gasteiger partial charge in [0, 0.05) is 17.8 Å². The Morgan fingerprint density at radius 2 is 2.00 bits per heavy atom. The maximum atomic E-state index is 10.9. The summed E-state index contributed by atoms with van der Waals surface area (Å²) >= 11 is 0. The minimum atomic E-state index is -1.32. The van der Waals surface area contributed by atoms with Gasteiger partial charge < -0.3 is 30.6 Å². The van der Waals surface area contributed by atoms with Crippen molar-refractivity contribution in [1.29, 1.82) is 0 Å². The number of rotatable bonds is 3. The number of quaternary nitrogens is 1. The lowest BCUT2D eigenvalue weighted by Crippen LogP contribution is -2.99. The molecule has 0 spiro atoms. The van der Waals surface area contributed by atoms with Gasteiger partial charge in [-0.25, -0.2) is 5.21 Å². The Balaban J connectivity index is 2.15. The van der Waals surface area contributed by atoms with Gasteiger partial charge in [-0.3, -0.25) is 0 Å². The summed E-state index contributed by atoms with van der Waals surface area (Å²) in [5.41, 5.74) is 1.35. The molecule has 0 saturated carbocycles. The number of aliphatic hydroxyl groups excluding tert-OH is 3. The normalized spacial score (nSPS) is 31.9. The Hall–Kier alpha value is -1.26. The highest BCUT2D eigenvalue weighted by molar-refractivity contribution is 5.57. The van der Waals surface area contributed by atoms with Crippen LogP contribution < -0.4 is 10.5 Å². The number of aliphatic hydroxyl groups is 3. The molecule has 112 valence electrons. The van der Waals surface area contributed by atoms with Gasteiger partial charge in [0.05, 0.1) is 6.61 Å². The van der Waals surface area contributed by atoms with Crippen molar-refractivity contribution < 1.29 is 30.5 Å². The molecule has 0 bridgehead atoms. The summed E-state index contributed by atoms with van der Waals surface area (Å²) in [6.07, 6.45) is -4.69. The van der Waals surface area contributed by atoms with Gasteiger partial charge in [-0.1, -0.05) is 6.07 Å². The van der Waals surface area contributed by atoms with Crippen LogP contribution in [0.15, 0.2) is 18.2 Å². The topological polar surface area (TPSA) is 130 Å². The molecule has 1 unspecified atom stereocenters. The molecule has 1 saturated heterocycles. The molecule has 8 nitrogen and oxygen atoms in total. The van der Waals surface area contributed by atoms with Crippen LogP contribution in [-0.4, -0.2) is 51.7 Å². The molecule has 1 aliphatic rings. The molecule has 0 aromatic heterocycles. The van der Waals surface area contributed by atoms with Crippen LogP contribution in [-0.2, 0) is 4.74 Å². The van der Waals surface area contributed by atoms with Gasteiger partial charge >= 0.3 is 0 Å². The highest BCUT2D eigenvalue weighted by Crippen LogP contribution is 2.23. The van der Waals surface area contributed by atoms with Gasteiger partial charge in [0.25, 0.3) is 0 Å². The first-order valence-corrected chi connectivity index (χ1v) is 6.16. The highest BCUT2D eigenvalue weighted by atomic mass is 16.8. The first-order chi connectivity index (χ1) is 9.40. The molecular formula is C12H18N2O6. The summed E-state index contributed by atoms with van der Waals surface area (Å²) in [6.45, 7) is 1.65. The Kier molecular flexibility index (Phi) is 4.55. The van der Waals surface area contributed by atoms with Gasteiger partial charge in [-0.15, -0.1) is 0 Å². The van der Waals surface area contributed by atoms with Crippen molar-refractivity contribution >= 4 is 11.4 Å². The minimum absolute atomic E-state index is 0.101. The van der Waals surface area contributed by atoms with Crippen LogP contribution in [0.3, 0.4) is 0 Å². The second kappa shape index (κ2) is 6.02. The quantitative estimate of drug-likeness (QED) is 0.363. The second-order valence-corrected chi connectivity index (χ2v) is 4.78. The predicted molar refractivity (Wildman–Crippen MR) is 68.3 cm³/mol.